The minimum atomic E-state index is 0.495. The number of hydrogen-bond acceptors (Lipinski definition) is 0. The van der Waals surface area contributed by atoms with Gasteiger partial charge in [-0.25, -0.2) is 0 Å². The topological polar surface area (TPSA) is 4.93 Å². The molecule has 1 heterocycles. The zero-order valence-electron chi connectivity index (χ0n) is 20.1. The van der Waals surface area contributed by atoms with Crippen molar-refractivity contribution in [2.45, 2.75) is 26.2 Å². The van der Waals surface area contributed by atoms with Crippen molar-refractivity contribution >= 4 is 21.8 Å². The van der Waals surface area contributed by atoms with Crippen LogP contribution >= 0.6 is 0 Å². The van der Waals surface area contributed by atoms with Gasteiger partial charge in [0.2, 0.25) is 0 Å². The molecule has 1 heteroatoms. The van der Waals surface area contributed by atoms with E-state index in [9.17, 15) is 0 Å². The molecule has 0 radical (unpaired) electrons. The zero-order valence-corrected chi connectivity index (χ0v) is 20.1. The van der Waals surface area contributed by atoms with Crippen LogP contribution in [-0.4, -0.2) is 4.57 Å². The van der Waals surface area contributed by atoms with Crippen molar-refractivity contribution in [2.24, 2.45) is 0 Å². The third kappa shape index (κ3) is 3.15. The van der Waals surface area contributed by atoms with E-state index in [1.165, 1.54) is 66.4 Å². The molecule has 0 N–H and O–H groups in total. The fraction of sp³-hybridized carbons (Fsp3) is 0.118. The van der Waals surface area contributed by atoms with Crippen molar-refractivity contribution in [3.05, 3.63) is 126 Å². The smallest absolute Gasteiger partial charge is 0.0541 e. The molecule has 6 aromatic rings. The summed E-state index contributed by atoms with van der Waals surface area (Å²) in [6.07, 6.45) is 1.04. The first kappa shape index (κ1) is 20.3. The quantitative estimate of drug-likeness (QED) is 0.253. The second kappa shape index (κ2) is 7.71. The van der Waals surface area contributed by atoms with Crippen molar-refractivity contribution in [3.8, 4) is 27.9 Å². The Morgan fingerprint density at radius 1 is 0.571 bits per heavy atom. The predicted molar refractivity (Wildman–Crippen MR) is 149 cm³/mol. The summed E-state index contributed by atoms with van der Waals surface area (Å²) in [7, 11) is 0. The number of fused-ring (bicyclic) bond motifs is 6. The van der Waals surface area contributed by atoms with Gasteiger partial charge in [-0.2, -0.15) is 0 Å². The van der Waals surface area contributed by atoms with E-state index in [1.807, 2.05) is 0 Å². The van der Waals surface area contributed by atoms with Crippen molar-refractivity contribution in [3.63, 3.8) is 0 Å². The van der Waals surface area contributed by atoms with Gasteiger partial charge < -0.3 is 4.57 Å². The number of para-hydroxylation sites is 1. The van der Waals surface area contributed by atoms with Crippen LogP contribution in [0, 0.1) is 0 Å². The second-order valence-corrected chi connectivity index (χ2v) is 10.0. The fourth-order valence-electron chi connectivity index (χ4n) is 5.74. The number of hydrogen-bond donors (Lipinski definition) is 0. The van der Waals surface area contributed by atoms with Gasteiger partial charge in [0.25, 0.3) is 0 Å². The highest BCUT2D eigenvalue weighted by molar-refractivity contribution is 6.10. The van der Waals surface area contributed by atoms with Crippen molar-refractivity contribution in [1.29, 1.82) is 0 Å². The van der Waals surface area contributed by atoms with E-state index < -0.39 is 0 Å². The molecular weight excluding hydrogens is 422 g/mol. The monoisotopic (exact) mass is 449 g/mol. The minimum Gasteiger partial charge on any atom is -0.309 e. The van der Waals surface area contributed by atoms with Crippen LogP contribution in [0.1, 0.15) is 36.5 Å². The average Bonchev–Trinajstić information content (AvgIpc) is 3.43. The highest BCUT2D eigenvalue weighted by Crippen LogP contribution is 2.40. The number of aromatic nitrogens is 1. The minimum absolute atomic E-state index is 0.495. The van der Waals surface area contributed by atoms with E-state index in [1.54, 1.807) is 0 Å². The average molecular weight is 450 g/mol. The zero-order chi connectivity index (χ0) is 23.5. The van der Waals surface area contributed by atoms with Crippen LogP contribution in [-0.2, 0) is 6.42 Å². The molecule has 168 valence electrons. The third-order valence-corrected chi connectivity index (χ3v) is 7.60. The Bertz CT molecular complexity index is 1730. The Morgan fingerprint density at radius 3 is 2.06 bits per heavy atom. The van der Waals surface area contributed by atoms with Crippen molar-refractivity contribution in [1.82, 2.24) is 4.57 Å². The summed E-state index contributed by atoms with van der Waals surface area (Å²) in [5, 5.41) is 2.63. The van der Waals surface area contributed by atoms with Crippen LogP contribution in [0.25, 0.3) is 49.7 Å². The van der Waals surface area contributed by atoms with E-state index >= 15 is 0 Å². The van der Waals surface area contributed by atoms with Gasteiger partial charge in [-0.3, -0.25) is 0 Å². The molecule has 0 saturated carbocycles. The van der Waals surface area contributed by atoms with Crippen LogP contribution in [0.4, 0.5) is 0 Å². The van der Waals surface area contributed by atoms with E-state index in [2.05, 4.69) is 128 Å². The SMILES string of the molecule is CC(C)c1ccc2c(c1)c1cc(-c3ccc4c(c3)-c3ccccc3C4)ccc1n2-c1ccccc1. The molecule has 1 aliphatic carbocycles. The summed E-state index contributed by atoms with van der Waals surface area (Å²) in [5.41, 5.74) is 13.3. The summed E-state index contributed by atoms with van der Waals surface area (Å²) in [6, 6.07) is 40.5. The fourth-order valence-corrected chi connectivity index (χ4v) is 5.74. The molecule has 1 nitrogen and oxygen atoms in total. The van der Waals surface area contributed by atoms with Gasteiger partial charge >= 0.3 is 0 Å². The molecule has 35 heavy (non-hydrogen) atoms. The number of benzene rings is 5. The van der Waals surface area contributed by atoms with E-state index in [-0.39, 0.29) is 0 Å². The first-order chi connectivity index (χ1) is 17.2. The molecule has 0 fully saturated rings. The largest absolute Gasteiger partial charge is 0.309 e. The predicted octanol–water partition coefficient (Wildman–Crippen LogP) is 9.15. The standard InChI is InChI=1S/C34H27N/c1-22(2)23-14-16-33-31(19-23)32-21-25(15-17-34(32)35(33)28-9-4-3-5-10-28)24-12-13-27-18-26-8-6-7-11-29(26)30(27)20-24/h3-17,19-22H,18H2,1-2H3. The van der Waals surface area contributed by atoms with Crippen molar-refractivity contribution < 1.29 is 0 Å². The summed E-state index contributed by atoms with van der Waals surface area (Å²) < 4.78 is 2.40. The van der Waals surface area contributed by atoms with Gasteiger partial charge in [0.1, 0.15) is 0 Å². The van der Waals surface area contributed by atoms with Crippen LogP contribution in [0.3, 0.4) is 0 Å². The maximum absolute atomic E-state index is 2.40. The Balaban J connectivity index is 1.46. The lowest BCUT2D eigenvalue weighted by atomic mass is 9.96. The molecule has 0 amide bonds. The van der Waals surface area contributed by atoms with Gasteiger partial charge in [-0.1, -0.05) is 80.6 Å². The van der Waals surface area contributed by atoms with Crippen LogP contribution in [0.5, 0.6) is 0 Å². The molecule has 0 saturated heterocycles. The number of rotatable bonds is 3. The van der Waals surface area contributed by atoms with Crippen LogP contribution in [0.15, 0.2) is 109 Å². The molecule has 7 rings (SSSR count). The van der Waals surface area contributed by atoms with E-state index in [0.29, 0.717) is 5.92 Å². The Labute approximate surface area is 206 Å². The van der Waals surface area contributed by atoms with E-state index in [0.717, 1.165) is 6.42 Å². The first-order valence-corrected chi connectivity index (χ1v) is 12.5. The highest BCUT2D eigenvalue weighted by Gasteiger charge is 2.19. The molecule has 0 unspecified atom stereocenters. The third-order valence-electron chi connectivity index (χ3n) is 7.60. The molecule has 1 aliphatic rings. The highest BCUT2D eigenvalue weighted by atomic mass is 15.0. The summed E-state index contributed by atoms with van der Waals surface area (Å²) in [4.78, 5) is 0. The lowest BCUT2D eigenvalue weighted by molar-refractivity contribution is 0.868. The van der Waals surface area contributed by atoms with Gasteiger partial charge in [-0.15, -0.1) is 0 Å². The molecular formula is C34H27N. The van der Waals surface area contributed by atoms with Crippen LogP contribution < -0.4 is 0 Å². The summed E-state index contributed by atoms with van der Waals surface area (Å²) in [6.45, 7) is 4.54. The normalized spacial score (nSPS) is 12.4. The number of nitrogens with zero attached hydrogens (tertiary/aromatic N) is 1. The maximum Gasteiger partial charge on any atom is 0.0541 e. The lowest BCUT2D eigenvalue weighted by Gasteiger charge is -2.09. The Hall–Kier alpha value is -4.10. The molecule has 0 spiro atoms. The van der Waals surface area contributed by atoms with Crippen LogP contribution in [0.2, 0.25) is 0 Å². The first-order valence-electron chi connectivity index (χ1n) is 12.5. The van der Waals surface area contributed by atoms with Gasteiger partial charge in [0.15, 0.2) is 0 Å². The second-order valence-electron chi connectivity index (χ2n) is 10.0. The van der Waals surface area contributed by atoms with Crippen molar-refractivity contribution in [2.75, 3.05) is 0 Å². The lowest BCUT2D eigenvalue weighted by Crippen LogP contribution is -1.93. The Kier molecular flexibility index (Phi) is 4.47. The summed E-state index contributed by atoms with van der Waals surface area (Å²) >= 11 is 0. The molecule has 0 bridgehead atoms. The van der Waals surface area contributed by atoms with Gasteiger partial charge in [0.05, 0.1) is 11.0 Å². The molecule has 5 aromatic carbocycles. The molecule has 0 aliphatic heterocycles. The Morgan fingerprint density at radius 2 is 1.23 bits per heavy atom. The van der Waals surface area contributed by atoms with Gasteiger partial charge in [0, 0.05) is 16.5 Å². The van der Waals surface area contributed by atoms with E-state index in [4.69, 9.17) is 0 Å². The van der Waals surface area contributed by atoms with Gasteiger partial charge in [-0.05, 0) is 93.7 Å². The summed E-state index contributed by atoms with van der Waals surface area (Å²) in [5.74, 6) is 0.495. The molecule has 0 atom stereocenters. The maximum atomic E-state index is 2.40. The molecule has 1 aromatic heterocycles.